The highest BCUT2D eigenvalue weighted by Gasteiger charge is 2.21. The van der Waals surface area contributed by atoms with Gasteiger partial charge in [0.15, 0.2) is 6.61 Å². The van der Waals surface area contributed by atoms with Crippen LogP contribution in [0, 0.1) is 15.9 Å². The predicted octanol–water partition coefficient (Wildman–Crippen LogP) is 1.84. The van der Waals surface area contributed by atoms with Gasteiger partial charge in [-0.3, -0.25) is 10.1 Å². The molecule has 0 unspecified atom stereocenters. The van der Waals surface area contributed by atoms with E-state index in [1.54, 1.807) is 6.07 Å². The van der Waals surface area contributed by atoms with Gasteiger partial charge < -0.3 is 4.74 Å². The summed E-state index contributed by atoms with van der Waals surface area (Å²) in [5, 5.41) is 10.4. The van der Waals surface area contributed by atoms with Crippen LogP contribution in [0.25, 0.3) is 6.08 Å². The Morgan fingerprint density at radius 3 is 3.00 bits per heavy atom. The van der Waals surface area contributed by atoms with Crippen LogP contribution in [0.4, 0.5) is 4.39 Å². The number of benzene rings is 1. The van der Waals surface area contributed by atoms with Crippen molar-refractivity contribution in [2.45, 2.75) is 0 Å². The number of rotatable bonds is 1. The van der Waals surface area contributed by atoms with Crippen molar-refractivity contribution < 1.29 is 14.1 Å². The minimum absolute atomic E-state index is 0.122. The number of fused-ring (bicyclic) bond motifs is 1. The highest BCUT2D eigenvalue weighted by molar-refractivity contribution is 5.61. The van der Waals surface area contributed by atoms with Crippen molar-refractivity contribution in [2.24, 2.45) is 0 Å². The average molecular weight is 195 g/mol. The summed E-state index contributed by atoms with van der Waals surface area (Å²) in [4.78, 5) is 9.84. The Kier molecular flexibility index (Phi) is 1.92. The summed E-state index contributed by atoms with van der Waals surface area (Å²) in [6.07, 6.45) is 1.20. The Morgan fingerprint density at radius 1 is 1.50 bits per heavy atom. The lowest BCUT2D eigenvalue weighted by atomic mass is 10.1. The fourth-order valence-corrected chi connectivity index (χ4v) is 1.25. The first-order valence-electron chi connectivity index (χ1n) is 3.95. The number of halogens is 1. The van der Waals surface area contributed by atoms with Gasteiger partial charge in [0.05, 0.1) is 10.5 Å². The smallest absolute Gasteiger partial charge is 0.284 e. The molecule has 4 nitrogen and oxygen atoms in total. The minimum Gasteiger partial charge on any atom is -0.482 e. The molecule has 0 saturated heterocycles. The van der Waals surface area contributed by atoms with Crippen LogP contribution in [0.3, 0.4) is 0 Å². The van der Waals surface area contributed by atoms with Gasteiger partial charge in [0, 0.05) is 6.08 Å². The maximum absolute atomic E-state index is 13.2. The van der Waals surface area contributed by atoms with Crippen LogP contribution >= 0.6 is 0 Å². The number of hydrogen-bond acceptors (Lipinski definition) is 3. The summed E-state index contributed by atoms with van der Waals surface area (Å²) in [6, 6.07) is 4.31. The molecule has 72 valence electrons. The second-order valence-electron chi connectivity index (χ2n) is 2.83. The third kappa shape index (κ3) is 1.32. The van der Waals surface area contributed by atoms with Crippen LogP contribution < -0.4 is 4.74 Å². The molecular formula is C9H6FNO3. The van der Waals surface area contributed by atoms with Crippen LogP contribution in [0.15, 0.2) is 23.9 Å². The zero-order chi connectivity index (χ0) is 10.1. The van der Waals surface area contributed by atoms with Gasteiger partial charge in [-0.2, -0.15) is 0 Å². The van der Waals surface area contributed by atoms with Gasteiger partial charge in [0.2, 0.25) is 0 Å². The van der Waals surface area contributed by atoms with E-state index in [4.69, 9.17) is 4.74 Å². The maximum Gasteiger partial charge on any atom is 0.284 e. The van der Waals surface area contributed by atoms with Crippen LogP contribution in [0.5, 0.6) is 5.75 Å². The molecule has 5 heteroatoms. The van der Waals surface area contributed by atoms with E-state index in [0.29, 0.717) is 5.75 Å². The topological polar surface area (TPSA) is 52.4 Å². The molecule has 1 aliphatic rings. The Balaban J connectivity index is 2.52. The first-order valence-corrected chi connectivity index (χ1v) is 3.95. The molecule has 0 radical (unpaired) electrons. The van der Waals surface area contributed by atoms with Gasteiger partial charge in [-0.15, -0.1) is 0 Å². The van der Waals surface area contributed by atoms with Gasteiger partial charge in [-0.1, -0.05) is 6.07 Å². The lowest BCUT2D eigenvalue weighted by Gasteiger charge is -2.13. The van der Waals surface area contributed by atoms with Gasteiger partial charge in [-0.05, 0) is 12.1 Å². The molecular weight excluding hydrogens is 189 g/mol. The first-order chi connectivity index (χ1) is 6.68. The SMILES string of the molecule is O=[N+]([O-])C1=Cc2c(F)cccc2OC1. The fraction of sp³-hybridized carbons (Fsp3) is 0.111. The lowest BCUT2D eigenvalue weighted by Crippen LogP contribution is -2.14. The molecule has 0 fully saturated rings. The number of nitrogens with zero attached hydrogens (tertiary/aromatic N) is 1. The van der Waals surface area contributed by atoms with Crippen molar-refractivity contribution in [1.29, 1.82) is 0 Å². The van der Waals surface area contributed by atoms with Gasteiger partial charge in [-0.25, -0.2) is 4.39 Å². The zero-order valence-electron chi connectivity index (χ0n) is 7.07. The molecule has 0 saturated carbocycles. The normalized spacial score (nSPS) is 13.9. The summed E-state index contributed by atoms with van der Waals surface area (Å²) < 4.78 is 18.2. The summed E-state index contributed by atoms with van der Waals surface area (Å²) in [7, 11) is 0. The molecule has 1 heterocycles. The summed E-state index contributed by atoms with van der Waals surface area (Å²) in [6.45, 7) is -0.122. The van der Waals surface area contributed by atoms with Crippen molar-refractivity contribution in [3.8, 4) is 5.75 Å². The third-order valence-electron chi connectivity index (χ3n) is 1.93. The van der Waals surface area contributed by atoms with Crippen molar-refractivity contribution in [2.75, 3.05) is 6.61 Å². The van der Waals surface area contributed by atoms with E-state index in [-0.39, 0.29) is 17.9 Å². The summed E-state index contributed by atoms with van der Waals surface area (Å²) in [5.41, 5.74) is 0.00745. The van der Waals surface area contributed by atoms with Crippen molar-refractivity contribution >= 4 is 6.08 Å². The van der Waals surface area contributed by atoms with Crippen molar-refractivity contribution in [1.82, 2.24) is 0 Å². The lowest BCUT2D eigenvalue weighted by molar-refractivity contribution is -0.427. The molecule has 0 aromatic heterocycles. The molecule has 0 N–H and O–H groups in total. The number of ether oxygens (including phenoxy) is 1. The van der Waals surface area contributed by atoms with Gasteiger partial charge >= 0.3 is 0 Å². The van der Waals surface area contributed by atoms with E-state index in [1.165, 1.54) is 18.2 Å². The quantitative estimate of drug-likeness (QED) is 0.507. The van der Waals surface area contributed by atoms with E-state index in [9.17, 15) is 14.5 Å². The summed E-state index contributed by atoms with van der Waals surface area (Å²) in [5.74, 6) is -0.169. The minimum atomic E-state index is -0.574. The van der Waals surface area contributed by atoms with E-state index in [0.717, 1.165) is 0 Å². The Bertz CT molecular complexity index is 428. The molecule has 0 spiro atoms. The second kappa shape index (κ2) is 3.10. The fourth-order valence-electron chi connectivity index (χ4n) is 1.25. The van der Waals surface area contributed by atoms with E-state index in [2.05, 4.69) is 0 Å². The second-order valence-corrected chi connectivity index (χ2v) is 2.83. The Hall–Kier alpha value is -1.91. The standard InChI is InChI=1S/C9H6FNO3/c10-8-2-1-3-9-7(8)4-6(5-14-9)11(12)13/h1-4H,5H2. The number of hydrogen-bond donors (Lipinski definition) is 0. The molecule has 0 amide bonds. The molecule has 1 aliphatic heterocycles. The predicted molar refractivity (Wildman–Crippen MR) is 46.9 cm³/mol. The summed E-state index contributed by atoms with van der Waals surface area (Å²) >= 11 is 0. The molecule has 0 aliphatic carbocycles. The third-order valence-corrected chi connectivity index (χ3v) is 1.93. The molecule has 2 rings (SSSR count). The van der Waals surface area contributed by atoms with Gasteiger partial charge in [0.1, 0.15) is 11.6 Å². The van der Waals surface area contributed by atoms with E-state index >= 15 is 0 Å². The van der Waals surface area contributed by atoms with Crippen LogP contribution in [-0.2, 0) is 0 Å². The van der Waals surface area contributed by atoms with Crippen molar-refractivity contribution in [3.05, 3.63) is 45.4 Å². The van der Waals surface area contributed by atoms with E-state index < -0.39 is 10.7 Å². The maximum atomic E-state index is 13.2. The highest BCUT2D eigenvalue weighted by Crippen LogP contribution is 2.28. The van der Waals surface area contributed by atoms with Crippen LogP contribution in [-0.4, -0.2) is 11.5 Å². The van der Waals surface area contributed by atoms with Gasteiger partial charge in [0.25, 0.3) is 5.70 Å². The first kappa shape index (κ1) is 8.68. The van der Waals surface area contributed by atoms with Crippen LogP contribution in [0.1, 0.15) is 5.56 Å². The Morgan fingerprint density at radius 2 is 2.29 bits per heavy atom. The molecule has 0 bridgehead atoms. The molecule has 1 aromatic carbocycles. The van der Waals surface area contributed by atoms with Crippen LogP contribution in [0.2, 0.25) is 0 Å². The Labute approximate surface area is 78.8 Å². The largest absolute Gasteiger partial charge is 0.482 e. The number of nitro groups is 1. The average Bonchev–Trinajstić information content (AvgIpc) is 2.18. The van der Waals surface area contributed by atoms with E-state index in [1.807, 2.05) is 0 Å². The molecule has 0 atom stereocenters. The van der Waals surface area contributed by atoms with Crippen molar-refractivity contribution in [3.63, 3.8) is 0 Å². The molecule has 1 aromatic rings. The monoisotopic (exact) mass is 195 g/mol. The molecule has 14 heavy (non-hydrogen) atoms. The zero-order valence-corrected chi connectivity index (χ0v) is 7.07. The highest BCUT2D eigenvalue weighted by atomic mass is 19.1.